The number of hydrogen-bond donors (Lipinski definition) is 2. The minimum absolute atomic E-state index is 0. The molecule has 0 atom stereocenters. The van der Waals surface area contributed by atoms with Gasteiger partial charge in [-0.05, 0) is 45.4 Å². The predicted octanol–water partition coefficient (Wildman–Crippen LogP) is 1.08. The van der Waals surface area contributed by atoms with Crippen LogP contribution in [0.4, 0.5) is 0 Å². The zero-order valence-corrected chi connectivity index (χ0v) is 21.2. The van der Waals surface area contributed by atoms with E-state index in [1.54, 1.807) is 60.7 Å². The van der Waals surface area contributed by atoms with Crippen LogP contribution in [0.1, 0.15) is 37.4 Å². The molecule has 0 aliphatic heterocycles. The van der Waals surface area contributed by atoms with Gasteiger partial charge in [0.15, 0.2) is 5.78 Å². The minimum atomic E-state index is -1.60. The van der Waals surface area contributed by atoms with E-state index in [0.717, 1.165) is 0 Å². The molecule has 0 radical (unpaired) electrons. The Bertz CT molecular complexity index is 1620. The van der Waals surface area contributed by atoms with Crippen molar-refractivity contribution in [3.05, 3.63) is 124 Å². The maximum atomic E-state index is 12.9. The second-order valence-corrected chi connectivity index (χ2v) is 8.05. The van der Waals surface area contributed by atoms with Crippen LogP contribution in [0.25, 0.3) is 21.9 Å². The number of hydrogen-bond acceptors (Lipinski definition) is 5. The SMILES string of the molecule is O=C([O-])C1=C/C(=C(\c2ccccc2)c2cc(C(=O)O)c(O)c3ccccc23)c2ccccc2C1=O.[Na+]. The average molecular weight is 484 g/mol. The van der Waals surface area contributed by atoms with E-state index in [1.165, 1.54) is 12.1 Å². The van der Waals surface area contributed by atoms with E-state index < -0.39 is 23.3 Å². The summed E-state index contributed by atoms with van der Waals surface area (Å²) in [5.74, 6) is -3.92. The molecule has 0 spiro atoms. The molecule has 6 nitrogen and oxygen atoms in total. The van der Waals surface area contributed by atoms with Crippen molar-refractivity contribution >= 4 is 39.6 Å². The Morgan fingerprint density at radius 1 is 0.750 bits per heavy atom. The first kappa shape index (κ1) is 25.1. The van der Waals surface area contributed by atoms with Crippen LogP contribution < -0.4 is 34.7 Å². The van der Waals surface area contributed by atoms with Crippen molar-refractivity contribution in [2.45, 2.75) is 0 Å². The standard InChI is InChI=1S/C29H18O6.Na/c30-26-19-12-6-4-10-17(19)21(14-23(26)28(32)33)25(16-8-2-1-3-9-16)22-15-24(29(34)35)27(31)20-13-7-5-11-18(20)22;/h1-15,30H,(H,32,33)(H,34,35);/q;+1/p-1/b25-22-;. The number of aromatic hydroxyl groups is 1. The monoisotopic (exact) mass is 484 g/mol. The Kier molecular flexibility index (Phi) is 6.95. The fourth-order valence-corrected chi connectivity index (χ4v) is 4.50. The van der Waals surface area contributed by atoms with Gasteiger partial charge >= 0.3 is 35.5 Å². The number of carboxylic acid groups (broad SMARTS) is 2. The van der Waals surface area contributed by atoms with Crippen LogP contribution in [-0.4, -0.2) is 27.9 Å². The Hall–Kier alpha value is -3.97. The average Bonchev–Trinajstić information content (AvgIpc) is 2.87. The van der Waals surface area contributed by atoms with E-state index in [1.807, 2.05) is 18.2 Å². The van der Waals surface area contributed by atoms with Crippen molar-refractivity contribution < 1.29 is 59.3 Å². The summed E-state index contributed by atoms with van der Waals surface area (Å²) in [7, 11) is 0. The number of aromatic carboxylic acids is 1. The molecular formula is C29H17NaO6. The number of ketones is 1. The number of rotatable bonds is 4. The Morgan fingerprint density at radius 3 is 1.97 bits per heavy atom. The molecule has 0 unspecified atom stereocenters. The number of Topliss-reactive ketones (excluding diaryl/α,β-unsaturated/α-hetero) is 1. The number of carbonyl (C=O) groups is 3. The first-order valence-corrected chi connectivity index (χ1v) is 10.7. The molecule has 0 heterocycles. The third-order valence-corrected chi connectivity index (χ3v) is 6.06. The zero-order chi connectivity index (χ0) is 24.7. The first-order valence-electron chi connectivity index (χ1n) is 10.7. The van der Waals surface area contributed by atoms with Crippen LogP contribution in [0.5, 0.6) is 5.75 Å². The van der Waals surface area contributed by atoms with Crippen LogP contribution in [0.2, 0.25) is 0 Å². The molecule has 0 amide bonds. The van der Waals surface area contributed by atoms with Gasteiger partial charge in [-0.25, -0.2) is 4.79 Å². The second kappa shape index (κ2) is 9.95. The Balaban J connectivity index is 0.00000304. The molecule has 0 aromatic heterocycles. The van der Waals surface area contributed by atoms with E-state index in [0.29, 0.717) is 38.6 Å². The van der Waals surface area contributed by atoms with Gasteiger partial charge in [-0.2, -0.15) is 0 Å². The number of aliphatic carboxylic acids is 1. The quantitative estimate of drug-likeness (QED) is 0.331. The molecule has 0 bridgehead atoms. The van der Waals surface area contributed by atoms with Crippen molar-refractivity contribution in [1.29, 1.82) is 0 Å². The molecule has 4 aromatic carbocycles. The molecule has 170 valence electrons. The Labute approximate surface area is 228 Å². The molecule has 36 heavy (non-hydrogen) atoms. The van der Waals surface area contributed by atoms with Gasteiger partial charge < -0.3 is 20.1 Å². The topological polar surface area (TPSA) is 115 Å². The summed E-state index contributed by atoms with van der Waals surface area (Å²) in [6.07, 6.45) is 1.28. The zero-order valence-electron chi connectivity index (χ0n) is 19.2. The fraction of sp³-hybridized carbons (Fsp3) is 0. The Morgan fingerprint density at radius 2 is 1.33 bits per heavy atom. The largest absolute Gasteiger partial charge is 1.00 e. The summed E-state index contributed by atoms with van der Waals surface area (Å²) >= 11 is 0. The predicted molar refractivity (Wildman–Crippen MR) is 129 cm³/mol. The fourth-order valence-electron chi connectivity index (χ4n) is 4.50. The van der Waals surface area contributed by atoms with Crippen molar-refractivity contribution in [1.82, 2.24) is 0 Å². The smallest absolute Gasteiger partial charge is 0.545 e. The summed E-state index contributed by atoms with van der Waals surface area (Å²) in [6.45, 7) is 0. The molecule has 7 heteroatoms. The van der Waals surface area contributed by atoms with Gasteiger partial charge in [-0.15, -0.1) is 0 Å². The van der Waals surface area contributed by atoms with Gasteiger partial charge in [0.2, 0.25) is 0 Å². The molecular weight excluding hydrogens is 467 g/mol. The summed E-state index contributed by atoms with van der Waals surface area (Å²) in [5.41, 5.74) is 2.02. The van der Waals surface area contributed by atoms with E-state index in [9.17, 15) is 29.7 Å². The molecule has 0 fully saturated rings. The van der Waals surface area contributed by atoms with Crippen molar-refractivity contribution in [3.8, 4) is 5.75 Å². The van der Waals surface area contributed by atoms with Crippen LogP contribution >= 0.6 is 0 Å². The van der Waals surface area contributed by atoms with Gasteiger partial charge in [0.05, 0.1) is 5.97 Å². The first-order chi connectivity index (χ1) is 16.9. The molecule has 1 aliphatic rings. The summed E-state index contributed by atoms with van der Waals surface area (Å²) < 4.78 is 0. The number of phenols is 1. The van der Waals surface area contributed by atoms with Crippen LogP contribution in [0.3, 0.4) is 0 Å². The number of fused-ring (bicyclic) bond motifs is 2. The van der Waals surface area contributed by atoms with E-state index in [2.05, 4.69) is 0 Å². The summed E-state index contributed by atoms with van der Waals surface area (Å²) in [6, 6.07) is 23.9. The van der Waals surface area contributed by atoms with E-state index in [-0.39, 0.29) is 46.4 Å². The van der Waals surface area contributed by atoms with Gasteiger partial charge in [-0.1, -0.05) is 78.9 Å². The maximum absolute atomic E-state index is 12.9. The maximum Gasteiger partial charge on any atom is 1.00 e. The van der Waals surface area contributed by atoms with Crippen LogP contribution in [-0.2, 0) is 4.79 Å². The molecule has 5 rings (SSSR count). The molecule has 4 aromatic rings. The van der Waals surface area contributed by atoms with Gasteiger partial charge in [0.1, 0.15) is 11.3 Å². The summed E-state index contributed by atoms with van der Waals surface area (Å²) in [5, 5.41) is 33.3. The number of carboxylic acids is 2. The van der Waals surface area contributed by atoms with E-state index >= 15 is 0 Å². The van der Waals surface area contributed by atoms with Crippen molar-refractivity contribution in [2.24, 2.45) is 0 Å². The van der Waals surface area contributed by atoms with Gasteiger partial charge in [-0.3, -0.25) is 4.79 Å². The van der Waals surface area contributed by atoms with Crippen LogP contribution in [0, 0.1) is 0 Å². The molecule has 1 aliphatic carbocycles. The van der Waals surface area contributed by atoms with Crippen molar-refractivity contribution in [3.63, 3.8) is 0 Å². The number of benzene rings is 4. The normalized spacial score (nSPS) is 13.9. The molecule has 0 saturated carbocycles. The number of carbonyl (C=O) groups excluding carboxylic acids is 2. The van der Waals surface area contributed by atoms with Crippen LogP contribution in [0.15, 0.2) is 96.6 Å². The van der Waals surface area contributed by atoms with E-state index in [4.69, 9.17) is 0 Å². The molecule has 0 saturated heterocycles. The minimum Gasteiger partial charge on any atom is -0.545 e. The summed E-state index contributed by atoms with van der Waals surface area (Å²) in [4.78, 5) is 36.8. The van der Waals surface area contributed by atoms with Gasteiger partial charge in [0, 0.05) is 16.5 Å². The number of allylic oxidation sites excluding steroid dienone is 2. The van der Waals surface area contributed by atoms with Crippen molar-refractivity contribution in [2.75, 3.05) is 0 Å². The van der Waals surface area contributed by atoms with Gasteiger partial charge in [0.25, 0.3) is 0 Å². The molecule has 2 N–H and O–H groups in total. The third kappa shape index (κ3) is 4.16. The second-order valence-electron chi connectivity index (χ2n) is 8.05. The third-order valence-electron chi connectivity index (χ3n) is 6.06.